The van der Waals surface area contributed by atoms with Crippen molar-refractivity contribution in [1.29, 1.82) is 5.26 Å². The second-order valence-electron chi connectivity index (χ2n) is 10.7. The molecule has 0 spiro atoms. The van der Waals surface area contributed by atoms with Crippen LogP contribution < -0.4 is 15.4 Å². The highest BCUT2D eigenvalue weighted by Gasteiger charge is 2.21. The summed E-state index contributed by atoms with van der Waals surface area (Å²) in [7, 11) is 0. The van der Waals surface area contributed by atoms with E-state index in [-0.39, 0.29) is 23.7 Å². The molecule has 0 aliphatic carbocycles. The molecule has 0 radical (unpaired) electrons. The van der Waals surface area contributed by atoms with E-state index < -0.39 is 17.5 Å². The van der Waals surface area contributed by atoms with Gasteiger partial charge in [-0.2, -0.15) is 5.26 Å². The predicted octanol–water partition coefficient (Wildman–Crippen LogP) is 7.37. The summed E-state index contributed by atoms with van der Waals surface area (Å²) < 4.78 is 49.0. The van der Waals surface area contributed by atoms with E-state index in [1.807, 2.05) is 48.7 Å². The second kappa shape index (κ2) is 11.7. The van der Waals surface area contributed by atoms with Crippen LogP contribution in [0.2, 0.25) is 0 Å². The van der Waals surface area contributed by atoms with Crippen LogP contribution in [0.15, 0.2) is 91.5 Å². The third-order valence-corrected chi connectivity index (χ3v) is 7.78. The molecular formula is C35H23F3N6O2. The first-order chi connectivity index (χ1) is 22.4. The second-order valence-corrected chi connectivity index (χ2v) is 10.7. The van der Waals surface area contributed by atoms with E-state index >= 15 is 0 Å². The number of nitriles is 1. The molecule has 0 unspecified atom stereocenters. The topological polar surface area (TPSA) is 105 Å². The average molecular weight is 617 g/mol. The minimum absolute atomic E-state index is 0.0877. The van der Waals surface area contributed by atoms with Crippen molar-refractivity contribution in [3.8, 4) is 22.9 Å². The first-order valence-corrected chi connectivity index (χ1v) is 14.3. The monoisotopic (exact) mass is 616 g/mol. The lowest BCUT2D eigenvalue weighted by atomic mass is 10.0. The molecule has 0 saturated heterocycles. The zero-order valence-corrected chi connectivity index (χ0v) is 24.0. The summed E-state index contributed by atoms with van der Waals surface area (Å²) in [4.78, 5) is 21.5. The van der Waals surface area contributed by atoms with Gasteiger partial charge in [0.05, 0.1) is 40.9 Å². The predicted molar refractivity (Wildman–Crippen MR) is 166 cm³/mol. The van der Waals surface area contributed by atoms with Gasteiger partial charge < -0.3 is 19.9 Å². The Hall–Kier alpha value is -6.15. The number of carbonyl (C=O) groups is 1. The van der Waals surface area contributed by atoms with Crippen LogP contribution in [0.5, 0.6) is 5.75 Å². The summed E-state index contributed by atoms with van der Waals surface area (Å²) in [5, 5.41) is 16.4. The largest absolute Gasteiger partial charge is 0.490 e. The number of hydrogen-bond acceptors (Lipinski definition) is 6. The molecule has 46 heavy (non-hydrogen) atoms. The lowest BCUT2D eigenvalue weighted by Gasteiger charge is -2.12. The van der Waals surface area contributed by atoms with E-state index in [0.29, 0.717) is 41.4 Å². The van der Waals surface area contributed by atoms with Gasteiger partial charge >= 0.3 is 0 Å². The lowest BCUT2D eigenvalue weighted by Crippen LogP contribution is -2.11. The third-order valence-electron chi connectivity index (χ3n) is 7.78. The van der Waals surface area contributed by atoms with Gasteiger partial charge in [-0.3, -0.25) is 9.78 Å². The number of halogens is 3. The van der Waals surface area contributed by atoms with Gasteiger partial charge in [0.2, 0.25) is 0 Å². The molecular weight excluding hydrogens is 593 g/mol. The number of nitrogens with one attached hydrogen (secondary N) is 2. The van der Waals surface area contributed by atoms with Crippen LogP contribution in [0.1, 0.15) is 27.2 Å². The molecule has 6 aromatic rings. The zero-order chi connectivity index (χ0) is 31.8. The molecule has 8 nitrogen and oxygen atoms in total. The highest BCUT2D eigenvalue weighted by Crippen LogP contribution is 2.37. The van der Waals surface area contributed by atoms with Crippen LogP contribution in [-0.4, -0.2) is 27.0 Å². The van der Waals surface area contributed by atoms with Crippen LogP contribution >= 0.6 is 0 Å². The van der Waals surface area contributed by atoms with E-state index in [0.717, 1.165) is 39.7 Å². The number of hydrogen-bond donors (Lipinski definition) is 2. The van der Waals surface area contributed by atoms with E-state index in [2.05, 4.69) is 20.6 Å². The Balaban J connectivity index is 1.16. The Morgan fingerprint density at radius 3 is 2.54 bits per heavy atom. The normalized spacial score (nSPS) is 12.0. The fourth-order valence-electron chi connectivity index (χ4n) is 5.57. The number of benzene rings is 3. The van der Waals surface area contributed by atoms with Crippen molar-refractivity contribution < 1.29 is 22.7 Å². The number of anilines is 3. The minimum atomic E-state index is -1.51. The van der Waals surface area contributed by atoms with Crippen LogP contribution in [0.4, 0.5) is 30.2 Å². The molecule has 3 aromatic heterocycles. The number of aromatic nitrogens is 3. The van der Waals surface area contributed by atoms with Gasteiger partial charge in [-0.1, -0.05) is 12.1 Å². The summed E-state index contributed by atoms with van der Waals surface area (Å²) >= 11 is 0. The molecule has 1 aliphatic rings. The number of pyridine rings is 2. The Bertz CT molecular complexity index is 2180. The Morgan fingerprint density at radius 1 is 0.870 bits per heavy atom. The van der Waals surface area contributed by atoms with Gasteiger partial charge in [0, 0.05) is 42.5 Å². The van der Waals surface area contributed by atoms with E-state index in [1.165, 1.54) is 6.20 Å². The fourth-order valence-corrected chi connectivity index (χ4v) is 5.57. The summed E-state index contributed by atoms with van der Waals surface area (Å²) in [6.07, 6.45) is 7.23. The van der Waals surface area contributed by atoms with Crippen molar-refractivity contribution in [1.82, 2.24) is 14.5 Å². The maximum atomic E-state index is 13.9. The summed E-state index contributed by atoms with van der Waals surface area (Å²) in [6, 6.07) is 20.4. The molecule has 0 atom stereocenters. The molecule has 1 amide bonds. The van der Waals surface area contributed by atoms with E-state index in [9.17, 15) is 23.2 Å². The molecule has 3 aromatic carbocycles. The molecule has 0 saturated carbocycles. The molecule has 11 heteroatoms. The summed E-state index contributed by atoms with van der Waals surface area (Å²) in [5.74, 6) is -3.87. The number of nitrogens with zero attached hydrogens (tertiary/aromatic N) is 4. The Morgan fingerprint density at radius 2 is 1.72 bits per heavy atom. The van der Waals surface area contributed by atoms with Gasteiger partial charge in [0.25, 0.3) is 5.91 Å². The van der Waals surface area contributed by atoms with Crippen LogP contribution in [-0.2, 0) is 13.0 Å². The van der Waals surface area contributed by atoms with Gasteiger partial charge in [-0.25, -0.2) is 18.2 Å². The number of amides is 1. The van der Waals surface area contributed by atoms with Crippen LogP contribution in [0, 0.1) is 28.8 Å². The van der Waals surface area contributed by atoms with Crippen LogP contribution in [0.25, 0.3) is 22.0 Å². The van der Waals surface area contributed by atoms with Crippen molar-refractivity contribution in [2.75, 3.05) is 17.2 Å². The zero-order valence-electron chi connectivity index (χ0n) is 24.0. The number of carbonyl (C=O) groups excluding carboxylic acids is 1. The van der Waals surface area contributed by atoms with Gasteiger partial charge in [0.1, 0.15) is 6.07 Å². The molecule has 2 N–H and O–H groups in total. The number of rotatable bonds is 7. The van der Waals surface area contributed by atoms with Gasteiger partial charge in [0.15, 0.2) is 28.9 Å². The van der Waals surface area contributed by atoms with Crippen molar-refractivity contribution in [3.63, 3.8) is 0 Å². The molecule has 226 valence electrons. The quantitative estimate of drug-likeness (QED) is 0.182. The molecule has 4 heterocycles. The molecule has 0 bridgehead atoms. The highest BCUT2D eigenvalue weighted by atomic mass is 19.2. The first-order valence-electron chi connectivity index (χ1n) is 14.3. The SMILES string of the molecule is N#Cc1ncccc1OCCc1ccc2c(c1)NC(=O)c1ccc(-c3cn(Cc4cc(F)c(F)c(F)c4)c4cnccc34)cc1N2. The Labute approximate surface area is 260 Å². The summed E-state index contributed by atoms with van der Waals surface area (Å²) in [5.41, 5.74) is 6.12. The summed E-state index contributed by atoms with van der Waals surface area (Å²) in [6.45, 7) is 0.405. The van der Waals surface area contributed by atoms with Crippen molar-refractivity contribution in [2.45, 2.75) is 13.0 Å². The van der Waals surface area contributed by atoms with Crippen molar-refractivity contribution >= 4 is 33.9 Å². The lowest BCUT2D eigenvalue weighted by molar-refractivity contribution is 0.102. The van der Waals surface area contributed by atoms with E-state index in [4.69, 9.17) is 4.74 Å². The highest BCUT2D eigenvalue weighted by molar-refractivity contribution is 6.13. The first kappa shape index (κ1) is 28.6. The van der Waals surface area contributed by atoms with Crippen LogP contribution in [0.3, 0.4) is 0 Å². The van der Waals surface area contributed by atoms with Gasteiger partial charge in [-0.15, -0.1) is 0 Å². The average Bonchev–Trinajstić information content (AvgIpc) is 3.35. The van der Waals surface area contributed by atoms with Crippen molar-refractivity contribution in [3.05, 3.63) is 131 Å². The number of ether oxygens (including phenoxy) is 1. The van der Waals surface area contributed by atoms with E-state index in [1.54, 1.807) is 35.2 Å². The number of fused-ring (bicyclic) bond motifs is 3. The van der Waals surface area contributed by atoms with Gasteiger partial charge in [-0.05, 0) is 71.3 Å². The molecule has 0 fully saturated rings. The maximum Gasteiger partial charge on any atom is 0.257 e. The maximum absolute atomic E-state index is 13.9. The smallest absolute Gasteiger partial charge is 0.257 e. The fraction of sp³-hybridized carbons (Fsp3) is 0.0857. The Kier molecular flexibility index (Phi) is 7.30. The van der Waals surface area contributed by atoms with Crippen molar-refractivity contribution in [2.24, 2.45) is 0 Å². The standard InChI is InChI=1S/C35H23F3N6O2/c36-26-12-21(13-27(37)34(26)38)18-44-19-25(23-7-10-40-17-32(23)44)22-4-5-24-29(15-22)42-28-6-3-20(14-30(28)43-35(24)45)8-11-46-33-2-1-9-41-31(33)16-39/h1-7,9-10,12-15,17,19,42H,8,11,18H2,(H,43,45). The molecule has 7 rings (SSSR count). The minimum Gasteiger partial charge on any atom is -0.490 e. The molecule has 1 aliphatic heterocycles. The third kappa shape index (κ3) is 5.37.